The maximum absolute atomic E-state index is 12.8. The number of ether oxygens (including phenoxy) is 1. The van der Waals surface area contributed by atoms with Gasteiger partial charge in [0.1, 0.15) is 5.88 Å². The largest absolute Gasteiger partial charge is 0.393 e. The van der Waals surface area contributed by atoms with Gasteiger partial charge in [-0.05, 0) is 6.92 Å². The van der Waals surface area contributed by atoms with Crippen molar-refractivity contribution in [3.63, 3.8) is 0 Å². The third-order valence-corrected chi connectivity index (χ3v) is 3.09. The molecule has 0 N–H and O–H groups in total. The van der Waals surface area contributed by atoms with Gasteiger partial charge in [-0.3, -0.25) is 4.79 Å². The quantitative estimate of drug-likeness (QED) is 0.732. The zero-order valence-corrected chi connectivity index (χ0v) is 10.2. The van der Waals surface area contributed by atoms with Gasteiger partial charge in [-0.2, -0.15) is 13.2 Å². The number of carbonyl (C=O) groups is 1. The molecule has 1 rings (SSSR count). The molecule has 0 saturated carbocycles. The van der Waals surface area contributed by atoms with Gasteiger partial charge in [0.2, 0.25) is 5.91 Å². The molecule has 100 valence electrons. The average Bonchev–Trinajstić information content (AvgIpc) is 2.69. The van der Waals surface area contributed by atoms with E-state index in [1.165, 1.54) is 0 Å². The first-order valence-electron chi connectivity index (χ1n) is 5.38. The van der Waals surface area contributed by atoms with Gasteiger partial charge in [0, 0.05) is 25.6 Å². The molecule has 2 atom stereocenters. The van der Waals surface area contributed by atoms with Crippen molar-refractivity contribution in [1.29, 1.82) is 0 Å². The Morgan fingerprint density at radius 1 is 1.47 bits per heavy atom. The van der Waals surface area contributed by atoms with Crippen molar-refractivity contribution >= 4 is 17.5 Å². The second-order valence-electron chi connectivity index (χ2n) is 4.00. The molecule has 0 aromatic heterocycles. The fourth-order valence-corrected chi connectivity index (χ4v) is 2.14. The summed E-state index contributed by atoms with van der Waals surface area (Å²) in [5.41, 5.74) is 0. The summed E-state index contributed by atoms with van der Waals surface area (Å²) in [6.07, 6.45) is -4.30. The monoisotopic (exact) mass is 273 g/mol. The van der Waals surface area contributed by atoms with E-state index >= 15 is 0 Å². The van der Waals surface area contributed by atoms with Gasteiger partial charge in [0.15, 0.2) is 0 Å². The molecule has 3 nitrogen and oxygen atoms in total. The summed E-state index contributed by atoms with van der Waals surface area (Å²) in [6.45, 7) is 1.86. The van der Waals surface area contributed by atoms with E-state index in [4.69, 9.17) is 16.3 Å². The smallest absolute Gasteiger partial charge is 0.381 e. The minimum Gasteiger partial charge on any atom is -0.381 e. The number of likely N-dealkylation sites (tertiary alicyclic amines) is 1. The predicted molar refractivity (Wildman–Crippen MR) is 56.8 cm³/mol. The Morgan fingerprint density at radius 3 is 2.59 bits per heavy atom. The van der Waals surface area contributed by atoms with Crippen LogP contribution in [-0.2, 0) is 9.53 Å². The molecule has 0 aliphatic carbocycles. The molecule has 1 amide bonds. The molecule has 0 radical (unpaired) electrons. The van der Waals surface area contributed by atoms with Crippen LogP contribution in [0.5, 0.6) is 0 Å². The van der Waals surface area contributed by atoms with Crippen molar-refractivity contribution in [3.8, 4) is 0 Å². The first-order chi connectivity index (χ1) is 7.90. The lowest BCUT2D eigenvalue weighted by atomic mass is 9.96. The Kier molecular flexibility index (Phi) is 5.06. The van der Waals surface area contributed by atoms with Gasteiger partial charge < -0.3 is 9.64 Å². The molecule has 0 unspecified atom stereocenters. The highest BCUT2D eigenvalue weighted by atomic mass is 35.5. The summed E-state index contributed by atoms with van der Waals surface area (Å²) in [4.78, 5) is 12.5. The first kappa shape index (κ1) is 14.6. The van der Waals surface area contributed by atoms with E-state index in [2.05, 4.69) is 0 Å². The minimum atomic E-state index is -4.30. The Labute approximate surface area is 103 Å². The Balaban J connectivity index is 2.68. The summed E-state index contributed by atoms with van der Waals surface area (Å²) in [5, 5.41) is 0. The van der Waals surface area contributed by atoms with Crippen molar-refractivity contribution in [2.24, 2.45) is 11.8 Å². The molecule has 1 saturated heterocycles. The number of rotatable bonds is 4. The maximum atomic E-state index is 12.8. The lowest BCUT2D eigenvalue weighted by Gasteiger charge is -2.20. The zero-order valence-electron chi connectivity index (χ0n) is 9.47. The van der Waals surface area contributed by atoms with Crippen LogP contribution in [0.15, 0.2) is 0 Å². The van der Waals surface area contributed by atoms with Crippen LogP contribution in [-0.4, -0.2) is 49.2 Å². The van der Waals surface area contributed by atoms with Crippen LogP contribution in [0.1, 0.15) is 6.92 Å². The van der Waals surface area contributed by atoms with Gasteiger partial charge in [-0.1, -0.05) is 0 Å². The van der Waals surface area contributed by atoms with Gasteiger partial charge in [0.25, 0.3) is 0 Å². The van der Waals surface area contributed by atoms with Crippen molar-refractivity contribution in [2.45, 2.75) is 13.1 Å². The highest BCUT2D eigenvalue weighted by molar-refractivity contribution is 6.27. The van der Waals surface area contributed by atoms with Gasteiger partial charge in [-0.25, -0.2) is 0 Å². The number of nitrogens with zero attached hydrogens (tertiary/aromatic N) is 1. The van der Waals surface area contributed by atoms with Crippen LogP contribution >= 0.6 is 11.6 Å². The van der Waals surface area contributed by atoms with E-state index in [-0.39, 0.29) is 25.6 Å². The topological polar surface area (TPSA) is 29.5 Å². The fraction of sp³-hybridized carbons (Fsp3) is 0.900. The molecular weight excluding hydrogens is 259 g/mol. The molecule has 7 heteroatoms. The van der Waals surface area contributed by atoms with Crippen molar-refractivity contribution in [1.82, 2.24) is 4.90 Å². The number of carbonyl (C=O) groups excluding carboxylic acids is 1. The molecule has 1 heterocycles. The predicted octanol–water partition coefficient (Wildman–Crippen LogP) is 1.90. The second-order valence-corrected chi connectivity index (χ2v) is 4.27. The van der Waals surface area contributed by atoms with Crippen LogP contribution in [0.4, 0.5) is 13.2 Å². The van der Waals surface area contributed by atoms with E-state index in [0.717, 1.165) is 4.90 Å². The van der Waals surface area contributed by atoms with Crippen LogP contribution in [0, 0.1) is 11.8 Å². The van der Waals surface area contributed by atoms with E-state index in [9.17, 15) is 18.0 Å². The zero-order chi connectivity index (χ0) is 13.1. The van der Waals surface area contributed by atoms with E-state index in [1.54, 1.807) is 6.92 Å². The van der Waals surface area contributed by atoms with Gasteiger partial charge in [0.05, 0.1) is 12.5 Å². The van der Waals surface area contributed by atoms with Gasteiger partial charge >= 0.3 is 6.18 Å². The van der Waals surface area contributed by atoms with E-state index < -0.39 is 23.9 Å². The van der Waals surface area contributed by atoms with Crippen LogP contribution in [0.2, 0.25) is 0 Å². The number of amides is 1. The number of alkyl halides is 4. The average molecular weight is 274 g/mol. The number of hydrogen-bond donors (Lipinski definition) is 0. The summed E-state index contributed by atoms with van der Waals surface area (Å²) < 4.78 is 43.3. The highest BCUT2D eigenvalue weighted by Crippen LogP contribution is 2.37. The van der Waals surface area contributed by atoms with Gasteiger partial charge in [-0.15, -0.1) is 11.6 Å². The summed E-state index contributed by atoms with van der Waals surface area (Å²) in [6, 6.07) is 0. The number of halogens is 4. The Hall–Kier alpha value is -0.490. The third-order valence-electron chi connectivity index (χ3n) is 2.86. The highest BCUT2D eigenvalue weighted by Gasteiger charge is 2.50. The Morgan fingerprint density at radius 2 is 2.12 bits per heavy atom. The molecule has 0 spiro atoms. The van der Waals surface area contributed by atoms with Crippen LogP contribution in [0.25, 0.3) is 0 Å². The van der Waals surface area contributed by atoms with Crippen molar-refractivity contribution in [2.75, 3.05) is 32.2 Å². The Bertz CT molecular complexity index is 273. The third kappa shape index (κ3) is 3.74. The maximum Gasteiger partial charge on any atom is 0.393 e. The van der Waals surface area contributed by atoms with Crippen molar-refractivity contribution < 1.29 is 22.7 Å². The van der Waals surface area contributed by atoms with Crippen LogP contribution < -0.4 is 0 Å². The normalized spacial score (nSPS) is 25.4. The first-order valence-corrected chi connectivity index (χ1v) is 5.91. The summed E-state index contributed by atoms with van der Waals surface area (Å²) >= 11 is 5.34. The van der Waals surface area contributed by atoms with E-state index in [1.807, 2.05) is 0 Å². The lowest BCUT2D eigenvalue weighted by Crippen LogP contribution is -2.33. The molecule has 1 aliphatic heterocycles. The molecule has 1 aliphatic rings. The molecule has 0 aromatic carbocycles. The SMILES string of the molecule is CCOC[C@H]1CN(C(=O)CCl)C[C@H]1C(F)(F)F. The minimum absolute atomic E-state index is 0.0206. The fourth-order valence-electron chi connectivity index (χ4n) is 1.97. The van der Waals surface area contributed by atoms with Crippen molar-refractivity contribution in [3.05, 3.63) is 0 Å². The lowest BCUT2D eigenvalue weighted by molar-refractivity contribution is -0.184. The summed E-state index contributed by atoms with van der Waals surface area (Å²) in [5.74, 6) is -2.95. The molecule has 17 heavy (non-hydrogen) atoms. The molecule has 1 fully saturated rings. The standard InChI is InChI=1S/C10H15ClF3NO2/c1-2-17-6-7-4-15(9(16)3-11)5-8(7)10(12,13)14/h7-8H,2-6H2,1H3/t7-,8-/m1/s1. The second kappa shape index (κ2) is 5.91. The number of hydrogen-bond acceptors (Lipinski definition) is 2. The molecular formula is C10H15ClF3NO2. The van der Waals surface area contributed by atoms with Crippen LogP contribution in [0.3, 0.4) is 0 Å². The molecule has 0 aromatic rings. The van der Waals surface area contributed by atoms with E-state index in [0.29, 0.717) is 6.61 Å². The molecule has 0 bridgehead atoms. The summed E-state index contributed by atoms with van der Waals surface area (Å²) in [7, 11) is 0.